The first-order valence-corrected chi connectivity index (χ1v) is 6.40. The van der Waals surface area contributed by atoms with Crippen LogP contribution in [-0.2, 0) is 4.79 Å². The van der Waals surface area contributed by atoms with Crippen molar-refractivity contribution in [1.29, 1.82) is 5.26 Å². The van der Waals surface area contributed by atoms with Gasteiger partial charge in [-0.25, -0.2) is 4.39 Å². The number of ether oxygens (including phenoxy) is 1. The SMILES string of the molecule is N#CCN1C(=O)C(c2ccccc2)Oc2ccc(F)cc21. The first-order chi connectivity index (χ1) is 10.2. The van der Waals surface area contributed by atoms with Crippen molar-refractivity contribution in [3.8, 4) is 11.8 Å². The van der Waals surface area contributed by atoms with Crippen LogP contribution in [0.25, 0.3) is 0 Å². The van der Waals surface area contributed by atoms with Crippen LogP contribution in [0.2, 0.25) is 0 Å². The van der Waals surface area contributed by atoms with E-state index in [4.69, 9.17) is 10.00 Å². The van der Waals surface area contributed by atoms with Gasteiger partial charge in [0.05, 0.1) is 11.8 Å². The van der Waals surface area contributed by atoms with Crippen molar-refractivity contribution in [2.45, 2.75) is 6.10 Å². The van der Waals surface area contributed by atoms with Gasteiger partial charge in [-0.15, -0.1) is 0 Å². The largest absolute Gasteiger partial charge is 0.474 e. The highest BCUT2D eigenvalue weighted by molar-refractivity contribution is 6.00. The van der Waals surface area contributed by atoms with Gasteiger partial charge in [0.15, 0.2) is 0 Å². The van der Waals surface area contributed by atoms with Gasteiger partial charge in [0.2, 0.25) is 6.10 Å². The Morgan fingerprint density at radius 1 is 1.24 bits per heavy atom. The summed E-state index contributed by atoms with van der Waals surface area (Å²) < 4.78 is 19.1. The maximum absolute atomic E-state index is 13.4. The number of carbonyl (C=O) groups is 1. The molecule has 0 bridgehead atoms. The number of nitrogens with zero attached hydrogens (tertiary/aromatic N) is 2. The number of rotatable bonds is 2. The third kappa shape index (κ3) is 2.32. The number of nitriles is 1. The van der Waals surface area contributed by atoms with Crippen LogP contribution in [0, 0.1) is 17.1 Å². The molecule has 1 amide bonds. The van der Waals surface area contributed by atoms with E-state index in [1.54, 1.807) is 24.3 Å². The highest BCUT2D eigenvalue weighted by atomic mass is 19.1. The fourth-order valence-electron chi connectivity index (χ4n) is 2.31. The number of anilines is 1. The van der Waals surface area contributed by atoms with Crippen LogP contribution in [0.5, 0.6) is 5.75 Å². The van der Waals surface area contributed by atoms with Crippen LogP contribution in [0.1, 0.15) is 11.7 Å². The fourth-order valence-corrected chi connectivity index (χ4v) is 2.31. The summed E-state index contributed by atoms with van der Waals surface area (Å²) in [5, 5.41) is 8.91. The first-order valence-electron chi connectivity index (χ1n) is 6.40. The van der Waals surface area contributed by atoms with E-state index in [1.165, 1.54) is 23.1 Å². The number of hydrogen-bond acceptors (Lipinski definition) is 3. The minimum absolute atomic E-state index is 0.151. The molecule has 2 aromatic carbocycles. The van der Waals surface area contributed by atoms with Gasteiger partial charge < -0.3 is 4.74 Å². The molecule has 104 valence electrons. The monoisotopic (exact) mass is 282 g/mol. The van der Waals surface area contributed by atoms with E-state index >= 15 is 0 Å². The third-order valence-electron chi connectivity index (χ3n) is 3.28. The molecule has 1 atom stereocenters. The molecule has 0 spiro atoms. The molecule has 0 saturated carbocycles. The summed E-state index contributed by atoms with van der Waals surface area (Å²) in [7, 11) is 0. The van der Waals surface area contributed by atoms with E-state index in [9.17, 15) is 9.18 Å². The Balaban J connectivity index is 2.07. The minimum atomic E-state index is -0.822. The molecule has 21 heavy (non-hydrogen) atoms. The second-order valence-electron chi connectivity index (χ2n) is 4.60. The van der Waals surface area contributed by atoms with Crippen LogP contribution >= 0.6 is 0 Å². The maximum Gasteiger partial charge on any atom is 0.273 e. The predicted octanol–water partition coefficient (Wildman–Crippen LogP) is 2.82. The van der Waals surface area contributed by atoms with Crippen LogP contribution in [-0.4, -0.2) is 12.5 Å². The number of benzene rings is 2. The number of fused-ring (bicyclic) bond motifs is 1. The van der Waals surface area contributed by atoms with E-state index in [0.717, 1.165) is 0 Å². The van der Waals surface area contributed by atoms with Gasteiger partial charge in [-0.05, 0) is 12.1 Å². The topological polar surface area (TPSA) is 53.3 Å². The summed E-state index contributed by atoms with van der Waals surface area (Å²) in [5.74, 6) is -0.466. The third-order valence-corrected chi connectivity index (χ3v) is 3.28. The Morgan fingerprint density at radius 3 is 2.71 bits per heavy atom. The zero-order valence-corrected chi connectivity index (χ0v) is 11.0. The lowest BCUT2D eigenvalue weighted by Crippen LogP contribution is -2.41. The van der Waals surface area contributed by atoms with Gasteiger partial charge in [-0.1, -0.05) is 30.3 Å². The van der Waals surface area contributed by atoms with Gasteiger partial charge in [0.1, 0.15) is 18.1 Å². The van der Waals surface area contributed by atoms with Gasteiger partial charge in [-0.2, -0.15) is 5.26 Å². The Kier molecular flexibility index (Phi) is 3.28. The molecule has 0 aromatic heterocycles. The maximum atomic E-state index is 13.4. The van der Waals surface area contributed by atoms with E-state index in [-0.39, 0.29) is 18.1 Å². The van der Waals surface area contributed by atoms with Gasteiger partial charge in [0, 0.05) is 11.6 Å². The lowest BCUT2D eigenvalue weighted by atomic mass is 10.1. The number of carbonyl (C=O) groups excluding carboxylic acids is 1. The van der Waals surface area contributed by atoms with Gasteiger partial charge in [0.25, 0.3) is 5.91 Å². The van der Waals surface area contributed by atoms with Crippen molar-refractivity contribution >= 4 is 11.6 Å². The van der Waals surface area contributed by atoms with Crippen molar-refractivity contribution in [2.75, 3.05) is 11.4 Å². The van der Waals surface area contributed by atoms with Crippen LogP contribution in [0.4, 0.5) is 10.1 Å². The van der Waals surface area contributed by atoms with Crippen LogP contribution in [0.15, 0.2) is 48.5 Å². The number of amides is 1. The molecule has 0 saturated heterocycles. The molecule has 2 aromatic rings. The smallest absolute Gasteiger partial charge is 0.273 e. The Bertz CT molecular complexity index is 725. The average Bonchev–Trinajstić information content (AvgIpc) is 2.51. The second kappa shape index (κ2) is 5.25. The van der Waals surface area contributed by atoms with Gasteiger partial charge >= 0.3 is 0 Å². The molecule has 1 aliphatic rings. The molecule has 0 radical (unpaired) electrons. The molecule has 4 nitrogen and oxygen atoms in total. The highest BCUT2D eigenvalue weighted by Crippen LogP contribution is 2.39. The molecule has 0 aliphatic carbocycles. The molecule has 5 heteroatoms. The van der Waals surface area contributed by atoms with E-state index in [1.807, 2.05) is 12.1 Å². The fraction of sp³-hybridized carbons (Fsp3) is 0.125. The van der Waals surface area contributed by atoms with Crippen molar-refractivity contribution in [3.05, 3.63) is 59.9 Å². The zero-order valence-electron chi connectivity index (χ0n) is 11.0. The van der Waals surface area contributed by atoms with E-state index in [2.05, 4.69) is 0 Å². The molecule has 1 heterocycles. The molecule has 0 N–H and O–H groups in total. The van der Waals surface area contributed by atoms with E-state index in [0.29, 0.717) is 11.3 Å². The molecule has 0 fully saturated rings. The Morgan fingerprint density at radius 2 is 2.00 bits per heavy atom. The molecular formula is C16H11FN2O2. The standard InChI is InChI=1S/C16H11FN2O2/c17-12-6-7-14-13(10-12)19(9-8-18)16(20)15(21-14)11-4-2-1-3-5-11/h1-7,10,15H,9H2. The summed E-state index contributed by atoms with van der Waals surface area (Å²) in [6.07, 6.45) is -0.822. The van der Waals surface area contributed by atoms with Crippen molar-refractivity contribution in [2.24, 2.45) is 0 Å². The number of halogens is 1. The predicted molar refractivity (Wildman–Crippen MR) is 74.2 cm³/mol. The summed E-state index contributed by atoms with van der Waals surface area (Å²) in [4.78, 5) is 13.8. The summed E-state index contributed by atoms with van der Waals surface area (Å²) in [6, 6.07) is 14.9. The molecule has 3 rings (SSSR count). The highest BCUT2D eigenvalue weighted by Gasteiger charge is 2.35. The lowest BCUT2D eigenvalue weighted by Gasteiger charge is -2.33. The molecule has 1 unspecified atom stereocenters. The number of hydrogen-bond donors (Lipinski definition) is 0. The van der Waals surface area contributed by atoms with Crippen molar-refractivity contribution in [3.63, 3.8) is 0 Å². The second-order valence-corrected chi connectivity index (χ2v) is 4.60. The lowest BCUT2D eigenvalue weighted by molar-refractivity contribution is -0.126. The molecular weight excluding hydrogens is 271 g/mol. The Labute approximate surface area is 121 Å². The van der Waals surface area contributed by atoms with Crippen LogP contribution < -0.4 is 9.64 Å². The molecule has 1 aliphatic heterocycles. The quantitative estimate of drug-likeness (QED) is 0.796. The van der Waals surface area contributed by atoms with Crippen molar-refractivity contribution < 1.29 is 13.9 Å². The first kappa shape index (κ1) is 13.1. The van der Waals surface area contributed by atoms with Crippen LogP contribution in [0.3, 0.4) is 0 Å². The normalized spacial score (nSPS) is 16.9. The zero-order chi connectivity index (χ0) is 14.8. The van der Waals surface area contributed by atoms with Gasteiger partial charge in [-0.3, -0.25) is 9.69 Å². The van der Waals surface area contributed by atoms with Crippen molar-refractivity contribution in [1.82, 2.24) is 0 Å². The summed E-state index contributed by atoms with van der Waals surface area (Å²) in [6.45, 7) is -0.151. The van der Waals surface area contributed by atoms with E-state index < -0.39 is 11.9 Å². The summed E-state index contributed by atoms with van der Waals surface area (Å²) in [5.41, 5.74) is 0.981. The Hall–Kier alpha value is -2.87. The average molecular weight is 282 g/mol. The minimum Gasteiger partial charge on any atom is -0.474 e. The summed E-state index contributed by atoms with van der Waals surface area (Å²) >= 11 is 0.